The predicted octanol–water partition coefficient (Wildman–Crippen LogP) is 4.50. The molecule has 2 bridgehead atoms. The molecule has 5 atom stereocenters. The fourth-order valence-electron chi connectivity index (χ4n) is 4.46. The average molecular weight is 274 g/mol. The lowest BCUT2D eigenvalue weighted by molar-refractivity contribution is -0.128. The third-order valence-corrected chi connectivity index (χ3v) is 7.41. The van der Waals surface area contributed by atoms with Crippen LogP contribution in [0, 0.1) is 23.2 Å². The Balaban J connectivity index is 1.52. The third-order valence-electron chi connectivity index (χ3n) is 5.87. The first-order chi connectivity index (χ1) is 9.16. The van der Waals surface area contributed by atoms with Crippen molar-refractivity contribution in [3.05, 3.63) is 35.9 Å². The van der Waals surface area contributed by atoms with Gasteiger partial charge in [0.2, 0.25) is 0 Å². The number of hydrogen-bond donors (Lipinski definition) is 0. The van der Waals surface area contributed by atoms with Gasteiger partial charge in [-0.15, -0.1) is 11.8 Å². The Kier molecular flexibility index (Phi) is 2.75. The molecule has 1 aromatic carbocycles. The molecule has 3 aliphatic carbocycles. The molecule has 1 heterocycles. The average Bonchev–Trinajstić information content (AvgIpc) is 2.46. The fourth-order valence-corrected chi connectivity index (χ4v) is 6.06. The smallest absolute Gasteiger partial charge is 0.128 e. The molecule has 1 nitrogen and oxygen atoms in total. The molecule has 4 fully saturated rings. The van der Waals surface area contributed by atoms with Crippen LogP contribution in [0.3, 0.4) is 0 Å². The highest BCUT2D eigenvalue weighted by atomic mass is 32.2. The summed E-state index contributed by atoms with van der Waals surface area (Å²) in [4.78, 5) is 0. The van der Waals surface area contributed by atoms with Crippen LogP contribution in [-0.4, -0.2) is 11.9 Å². The maximum atomic E-state index is 6.18. The largest absolute Gasteiger partial charge is 0.362 e. The van der Waals surface area contributed by atoms with Gasteiger partial charge in [-0.3, -0.25) is 0 Å². The Morgan fingerprint density at radius 3 is 2.68 bits per heavy atom. The van der Waals surface area contributed by atoms with E-state index >= 15 is 0 Å². The zero-order chi connectivity index (χ0) is 13.0. The topological polar surface area (TPSA) is 9.23 Å². The van der Waals surface area contributed by atoms with Gasteiger partial charge in [-0.05, 0) is 41.6 Å². The van der Waals surface area contributed by atoms with Crippen LogP contribution in [0.4, 0.5) is 0 Å². The van der Waals surface area contributed by atoms with Gasteiger partial charge in [0.05, 0.1) is 6.61 Å². The molecular weight excluding hydrogens is 252 g/mol. The lowest BCUT2D eigenvalue weighted by Gasteiger charge is -2.63. The molecule has 5 rings (SSSR count). The van der Waals surface area contributed by atoms with Crippen LogP contribution in [0.5, 0.6) is 0 Å². The number of thioether (sulfide) groups is 1. The summed E-state index contributed by atoms with van der Waals surface area (Å²) in [5, 5.41) is 0.829. The summed E-state index contributed by atoms with van der Waals surface area (Å²) >= 11 is 2.08. The van der Waals surface area contributed by atoms with Crippen molar-refractivity contribution in [1.29, 1.82) is 0 Å². The molecule has 0 aromatic heterocycles. The van der Waals surface area contributed by atoms with Crippen molar-refractivity contribution < 1.29 is 4.74 Å². The Bertz CT molecular complexity index is 469. The summed E-state index contributed by atoms with van der Waals surface area (Å²) in [6, 6.07) is 10.7. The Labute approximate surface area is 120 Å². The van der Waals surface area contributed by atoms with Gasteiger partial charge >= 0.3 is 0 Å². The third kappa shape index (κ3) is 1.80. The highest BCUT2D eigenvalue weighted by molar-refractivity contribution is 8.00. The summed E-state index contributed by atoms with van der Waals surface area (Å²) in [5.41, 5.74) is 2.18. The van der Waals surface area contributed by atoms with Crippen LogP contribution >= 0.6 is 11.8 Å². The van der Waals surface area contributed by atoms with Gasteiger partial charge in [0.15, 0.2) is 0 Å². The minimum absolute atomic E-state index is 0.267. The van der Waals surface area contributed by atoms with Crippen molar-refractivity contribution >= 4 is 11.8 Å². The van der Waals surface area contributed by atoms with Crippen molar-refractivity contribution in [1.82, 2.24) is 0 Å². The lowest BCUT2D eigenvalue weighted by Crippen LogP contribution is -2.58. The predicted molar refractivity (Wildman–Crippen MR) is 80.0 cm³/mol. The maximum Gasteiger partial charge on any atom is 0.128 e. The van der Waals surface area contributed by atoms with Crippen molar-refractivity contribution in [2.24, 2.45) is 23.2 Å². The highest BCUT2D eigenvalue weighted by Gasteiger charge is 2.59. The SMILES string of the molecule is CC1(C)[C@H]2C[C@@H]3S[C@H](c4ccccc4)OC[C@H]3[C@@H]1C2. The summed E-state index contributed by atoms with van der Waals surface area (Å²) in [6.07, 6.45) is 2.86. The van der Waals surface area contributed by atoms with Crippen LogP contribution in [0.15, 0.2) is 30.3 Å². The summed E-state index contributed by atoms with van der Waals surface area (Å²) < 4.78 is 6.18. The van der Waals surface area contributed by atoms with Crippen molar-refractivity contribution in [2.75, 3.05) is 6.61 Å². The van der Waals surface area contributed by atoms with E-state index < -0.39 is 0 Å². The second-order valence-corrected chi connectivity index (χ2v) is 8.32. The van der Waals surface area contributed by atoms with E-state index in [0.717, 1.165) is 29.6 Å². The monoisotopic (exact) mass is 274 g/mol. The molecule has 0 N–H and O–H groups in total. The van der Waals surface area contributed by atoms with Crippen LogP contribution < -0.4 is 0 Å². The summed E-state index contributed by atoms with van der Waals surface area (Å²) in [6.45, 7) is 5.91. The van der Waals surface area contributed by atoms with E-state index in [-0.39, 0.29) is 5.44 Å². The Hall–Kier alpha value is -0.470. The molecule has 19 heavy (non-hydrogen) atoms. The molecule has 1 saturated heterocycles. The first kappa shape index (κ1) is 12.3. The maximum absolute atomic E-state index is 6.18. The number of hydrogen-bond acceptors (Lipinski definition) is 2. The fraction of sp³-hybridized carbons (Fsp3) is 0.647. The molecule has 2 heteroatoms. The minimum Gasteiger partial charge on any atom is -0.362 e. The van der Waals surface area contributed by atoms with Crippen LogP contribution in [0.1, 0.15) is 37.7 Å². The van der Waals surface area contributed by atoms with E-state index in [2.05, 4.69) is 55.9 Å². The van der Waals surface area contributed by atoms with E-state index in [9.17, 15) is 0 Å². The molecule has 1 aliphatic heterocycles. The number of benzene rings is 1. The van der Waals surface area contributed by atoms with Gasteiger partial charge in [-0.25, -0.2) is 0 Å². The van der Waals surface area contributed by atoms with Gasteiger partial charge in [0.25, 0.3) is 0 Å². The molecule has 102 valence electrons. The molecule has 0 radical (unpaired) electrons. The van der Waals surface area contributed by atoms with Gasteiger partial charge < -0.3 is 4.74 Å². The standard InChI is InChI=1S/C17H22OS/c1-17(2)12-8-14(17)13-10-18-16(19-15(13)9-12)11-6-4-3-5-7-11/h3-7,12-16H,8-10H2,1-2H3/t12-,13+,14+,15+,16-/m1/s1. The van der Waals surface area contributed by atoms with Crippen molar-refractivity contribution in [3.8, 4) is 0 Å². The van der Waals surface area contributed by atoms with E-state index in [1.807, 2.05) is 0 Å². The van der Waals surface area contributed by atoms with E-state index in [1.165, 1.54) is 18.4 Å². The van der Waals surface area contributed by atoms with Gasteiger partial charge in [0, 0.05) is 5.25 Å². The highest BCUT2D eigenvalue weighted by Crippen LogP contribution is 2.65. The first-order valence-electron chi connectivity index (χ1n) is 7.48. The molecule has 0 unspecified atom stereocenters. The second-order valence-electron chi connectivity index (χ2n) is 7.01. The summed E-state index contributed by atoms with van der Waals surface area (Å²) in [7, 11) is 0. The van der Waals surface area contributed by atoms with E-state index in [1.54, 1.807) is 0 Å². The number of ether oxygens (including phenoxy) is 1. The Morgan fingerprint density at radius 1 is 1.16 bits per heavy atom. The van der Waals surface area contributed by atoms with Crippen molar-refractivity contribution in [3.63, 3.8) is 0 Å². The zero-order valence-corrected chi connectivity index (χ0v) is 12.5. The molecule has 3 saturated carbocycles. The zero-order valence-electron chi connectivity index (χ0n) is 11.7. The van der Waals surface area contributed by atoms with Crippen LogP contribution in [-0.2, 0) is 4.74 Å². The molecule has 1 aromatic rings. The molecular formula is C17H22OS. The molecule has 0 spiro atoms. The quantitative estimate of drug-likeness (QED) is 0.745. The number of rotatable bonds is 1. The van der Waals surface area contributed by atoms with Gasteiger partial charge in [-0.1, -0.05) is 44.2 Å². The van der Waals surface area contributed by atoms with E-state index in [4.69, 9.17) is 4.74 Å². The van der Waals surface area contributed by atoms with Gasteiger partial charge in [-0.2, -0.15) is 0 Å². The van der Waals surface area contributed by atoms with Crippen LogP contribution in [0.2, 0.25) is 0 Å². The normalized spacial score (nSPS) is 43.2. The first-order valence-corrected chi connectivity index (χ1v) is 8.42. The van der Waals surface area contributed by atoms with Crippen molar-refractivity contribution in [2.45, 2.75) is 37.4 Å². The molecule has 4 aliphatic rings. The second kappa shape index (κ2) is 4.26. The minimum atomic E-state index is 0.267. The summed E-state index contributed by atoms with van der Waals surface area (Å²) in [5.74, 6) is 2.66. The Morgan fingerprint density at radius 2 is 1.95 bits per heavy atom. The van der Waals surface area contributed by atoms with Crippen LogP contribution in [0.25, 0.3) is 0 Å². The molecule has 0 amide bonds. The van der Waals surface area contributed by atoms with Gasteiger partial charge in [0.1, 0.15) is 5.44 Å². The van der Waals surface area contributed by atoms with E-state index in [0.29, 0.717) is 5.41 Å². The lowest BCUT2D eigenvalue weighted by atomic mass is 9.45.